The van der Waals surface area contributed by atoms with Crippen molar-refractivity contribution in [1.29, 1.82) is 0 Å². The summed E-state index contributed by atoms with van der Waals surface area (Å²) in [7, 11) is 0. The topological polar surface area (TPSA) is 89.7 Å². The van der Waals surface area contributed by atoms with Gasteiger partial charge in [-0.25, -0.2) is 9.48 Å². The highest BCUT2D eigenvalue weighted by molar-refractivity contribution is 5.80. The number of ether oxygens (including phenoxy) is 1. The molecule has 0 spiro atoms. The Morgan fingerprint density at radius 3 is 2.37 bits per heavy atom. The van der Waals surface area contributed by atoms with Gasteiger partial charge in [0.15, 0.2) is 5.82 Å². The van der Waals surface area contributed by atoms with E-state index in [2.05, 4.69) is 12.0 Å². The van der Waals surface area contributed by atoms with Crippen LogP contribution in [0.25, 0.3) is 0 Å². The molecule has 3 heterocycles. The fraction of sp³-hybridized carbons (Fsp3) is 0.778. The molecule has 1 aromatic rings. The SMILES string of the molecule is CCn1c([C@H]2OCC[C@H]2C)nn([C@@H](C)C(=O)N2CCN(C(C)=O)CC2)c1=O. The Bertz CT molecular complexity index is 762. The molecule has 2 fully saturated rings. The van der Waals surface area contributed by atoms with Crippen molar-refractivity contribution in [3.05, 3.63) is 16.3 Å². The molecule has 2 saturated heterocycles. The third kappa shape index (κ3) is 3.65. The third-order valence-corrected chi connectivity index (χ3v) is 5.63. The summed E-state index contributed by atoms with van der Waals surface area (Å²) in [6, 6.07) is -0.690. The van der Waals surface area contributed by atoms with Crippen molar-refractivity contribution < 1.29 is 14.3 Å². The van der Waals surface area contributed by atoms with Crippen molar-refractivity contribution in [2.75, 3.05) is 32.8 Å². The van der Waals surface area contributed by atoms with Crippen LogP contribution >= 0.6 is 0 Å². The number of nitrogens with zero attached hydrogens (tertiary/aromatic N) is 5. The fourth-order valence-electron chi connectivity index (χ4n) is 3.82. The van der Waals surface area contributed by atoms with Crippen LogP contribution < -0.4 is 5.69 Å². The lowest BCUT2D eigenvalue weighted by atomic mass is 10.0. The highest BCUT2D eigenvalue weighted by Gasteiger charge is 2.34. The van der Waals surface area contributed by atoms with E-state index >= 15 is 0 Å². The van der Waals surface area contributed by atoms with Gasteiger partial charge < -0.3 is 14.5 Å². The molecule has 0 unspecified atom stereocenters. The van der Waals surface area contributed by atoms with Crippen molar-refractivity contribution in [2.45, 2.75) is 52.8 Å². The number of carbonyl (C=O) groups is 2. The van der Waals surface area contributed by atoms with Crippen LogP contribution in [0.15, 0.2) is 4.79 Å². The molecular formula is C18H29N5O4. The smallest absolute Gasteiger partial charge is 0.346 e. The minimum atomic E-state index is -0.690. The average molecular weight is 379 g/mol. The third-order valence-electron chi connectivity index (χ3n) is 5.63. The van der Waals surface area contributed by atoms with E-state index in [1.54, 1.807) is 21.3 Å². The molecule has 2 aliphatic rings. The number of amides is 2. The van der Waals surface area contributed by atoms with Crippen LogP contribution in [0, 0.1) is 5.92 Å². The first-order chi connectivity index (χ1) is 12.8. The zero-order chi connectivity index (χ0) is 19.7. The van der Waals surface area contributed by atoms with Gasteiger partial charge in [-0.05, 0) is 26.2 Å². The maximum atomic E-state index is 12.9. The van der Waals surface area contributed by atoms with Gasteiger partial charge in [0.1, 0.15) is 12.1 Å². The highest BCUT2D eigenvalue weighted by Crippen LogP contribution is 2.32. The van der Waals surface area contributed by atoms with E-state index in [1.807, 2.05) is 6.92 Å². The minimum absolute atomic E-state index is 0.0170. The summed E-state index contributed by atoms with van der Waals surface area (Å²) in [5.74, 6) is 0.765. The molecule has 1 aromatic heterocycles. The van der Waals surface area contributed by atoms with Crippen LogP contribution in [0.4, 0.5) is 0 Å². The quantitative estimate of drug-likeness (QED) is 0.756. The summed E-state index contributed by atoms with van der Waals surface area (Å²) in [6.45, 7) is 10.3. The standard InChI is InChI=1S/C18H29N5O4/c1-5-22-16(15-12(2)6-11-27-15)19-23(18(22)26)13(3)17(25)21-9-7-20(8-10-21)14(4)24/h12-13,15H,5-11H2,1-4H3/t12-,13+,15+/m1/s1. The molecule has 9 nitrogen and oxygen atoms in total. The second-order valence-corrected chi connectivity index (χ2v) is 7.39. The van der Waals surface area contributed by atoms with Gasteiger partial charge in [-0.2, -0.15) is 5.10 Å². The van der Waals surface area contributed by atoms with E-state index in [9.17, 15) is 14.4 Å². The van der Waals surface area contributed by atoms with Gasteiger partial charge in [0.25, 0.3) is 0 Å². The number of aromatic nitrogens is 3. The van der Waals surface area contributed by atoms with Gasteiger partial charge in [-0.15, -0.1) is 0 Å². The molecule has 3 rings (SSSR count). The molecule has 0 radical (unpaired) electrons. The van der Waals surface area contributed by atoms with E-state index in [-0.39, 0.29) is 29.5 Å². The molecular weight excluding hydrogens is 350 g/mol. The Hall–Kier alpha value is -2.16. The van der Waals surface area contributed by atoms with Crippen LogP contribution in [0.5, 0.6) is 0 Å². The van der Waals surface area contributed by atoms with Gasteiger partial charge in [-0.3, -0.25) is 14.2 Å². The minimum Gasteiger partial charge on any atom is -0.370 e. The zero-order valence-corrected chi connectivity index (χ0v) is 16.6. The number of hydrogen-bond donors (Lipinski definition) is 0. The summed E-state index contributed by atoms with van der Waals surface area (Å²) in [4.78, 5) is 40.6. The largest absolute Gasteiger partial charge is 0.370 e. The zero-order valence-electron chi connectivity index (χ0n) is 16.6. The van der Waals surface area contributed by atoms with E-state index in [0.717, 1.165) is 6.42 Å². The van der Waals surface area contributed by atoms with Gasteiger partial charge in [0.2, 0.25) is 11.8 Å². The Kier molecular flexibility index (Phi) is 5.69. The van der Waals surface area contributed by atoms with E-state index in [1.165, 1.54) is 11.6 Å². The molecule has 0 aromatic carbocycles. The Morgan fingerprint density at radius 2 is 1.85 bits per heavy atom. The van der Waals surface area contributed by atoms with Gasteiger partial charge >= 0.3 is 5.69 Å². The number of rotatable bonds is 4. The van der Waals surface area contributed by atoms with Crippen molar-refractivity contribution in [1.82, 2.24) is 24.1 Å². The molecule has 3 atom stereocenters. The van der Waals surface area contributed by atoms with Gasteiger partial charge in [0, 0.05) is 46.3 Å². The summed E-state index contributed by atoms with van der Waals surface area (Å²) in [5.41, 5.74) is -0.279. The van der Waals surface area contributed by atoms with Crippen LogP contribution in [0.3, 0.4) is 0 Å². The predicted octanol–water partition coefficient (Wildman–Crippen LogP) is 0.414. The van der Waals surface area contributed by atoms with Crippen LogP contribution in [-0.2, 0) is 20.9 Å². The normalized spacial score (nSPS) is 24.3. The molecule has 27 heavy (non-hydrogen) atoms. The first-order valence-electron chi connectivity index (χ1n) is 9.70. The van der Waals surface area contributed by atoms with Crippen molar-refractivity contribution in [3.63, 3.8) is 0 Å². The average Bonchev–Trinajstić information content (AvgIpc) is 3.23. The molecule has 0 aliphatic carbocycles. The summed E-state index contributed by atoms with van der Waals surface area (Å²) >= 11 is 0. The first kappa shape index (κ1) is 19.6. The summed E-state index contributed by atoms with van der Waals surface area (Å²) < 4.78 is 8.67. The van der Waals surface area contributed by atoms with Crippen molar-refractivity contribution in [2.24, 2.45) is 5.92 Å². The van der Waals surface area contributed by atoms with E-state index in [0.29, 0.717) is 45.2 Å². The van der Waals surface area contributed by atoms with Gasteiger partial charge in [-0.1, -0.05) is 6.92 Å². The van der Waals surface area contributed by atoms with E-state index in [4.69, 9.17) is 4.74 Å². The highest BCUT2D eigenvalue weighted by atomic mass is 16.5. The maximum absolute atomic E-state index is 12.9. The lowest BCUT2D eigenvalue weighted by Gasteiger charge is -2.35. The van der Waals surface area contributed by atoms with Crippen molar-refractivity contribution >= 4 is 11.8 Å². The van der Waals surface area contributed by atoms with Gasteiger partial charge in [0.05, 0.1) is 0 Å². The monoisotopic (exact) mass is 379 g/mol. The summed E-state index contributed by atoms with van der Waals surface area (Å²) in [5, 5.41) is 4.50. The number of hydrogen-bond acceptors (Lipinski definition) is 5. The molecule has 0 bridgehead atoms. The van der Waals surface area contributed by atoms with Crippen LogP contribution in [-0.4, -0.2) is 68.7 Å². The van der Waals surface area contributed by atoms with E-state index < -0.39 is 6.04 Å². The molecule has 0 saturated carbocycles. The lowest BCUT2D eigenvalue weighted by Crippen LogP contribution is -2.52. The molecule has 2 amide bonds. The molecule has 150 valence electrons. The summed E-state index contributed by atoms with van der Waals surface area (Å²) in [6.07, 6.45) is 0.727. The second-order valence-electron chi connectivity index (χ2n) is 7.39. The Labute approximate surface area is 158 Å². The second kappa shape index (κ2) is 7.84. The number of piperazine rings is 1. The lowest BCUT2D eigenvalue weighted by molar-refractivity contribution is -0.140. The molecule has 2 aliphatic heterocycles. The molecule has 9 heteroatoms. The maximum Gasteiger partial charge on any atom is 0.346 e. The predicted molar refractivity (Wildman–Crippen MR) is 98.2 cm³/mol. The number of carbonyl (C=O) groups excluding carboxylic acids is 2. The fourth-order valence-corrected chi connectivity index (χ4v) is 3.82. The van der Waals surface area contributed by atoms with Crippen molar-refractivity contribution in [3.8, 4) is 0 Å². The Balaban J connectivity index is 1.79. The van der Waals surface area contributed by atoms with Crippen LogP contribution in [0.2, 0.25) is 0 Å². The Morgan fingerprint density at radius 1 is 1.22 bits per heavy atom. The first-order valence-corrected chi connectivity index (χ1v) is 9.70. The molecule has 0 N–H and O–H groups in total. The van der Waals surface area contributed by atoms with Crippen LogP contribution in [0.1, 0.15) is 52.1 Å².